The maximum absolute atomic E-state index is 11.6. The average Bonchev–Trinajstić information content (AvgIpc) is 2.45. The largest absolute Gasteiger partial charge is 0.338 e. The highest BCUT2D eigenvalue weighted by atomic mass is 35.5. The molecule has 0 saturated carbocycles. The first-order valence-electron chi connectivity index (χ1n) is 7.14. The van der Waals surface area contributed by atoms with Crippen LogP contribution in [0.3, 0.4) is 0 Å². The molecule has 5 heteroatoms. The molecule has 0 aliphatic carbocycles. The summed E-state index contributed by atoms with van der Waals surface area (Å²) in [7, 11) is 0. The minimum absolute atomic E-state index is 0.135. The second kappa shape index (κ2) is 9.61. The highest BCUT2D eigenvalue weighted by Gasteiger charge is 2.02. The van der Waals surface area contributed by atoms with Crippen LogP contribution in [0.1, 0.15) is 25.8 Å². The molecule has 20 heavy (non-hydrogen) atoms. The van der Waals surface area contributed by atoms with Gasteiger partial charge in [0.15, 0.2) is 0 Å². The zero-order chi connectivity index (χ0) is 14.8. The van der Waals surface area contributed by atoms with Crippen molar-refractivity contribution in [3.05, 3.63) is 34.9 Å². The van der Waals surface area contributed by atoms with Gasteiger partial charge in [0.25, 0.3) is 0 Å². The van der Waals surface area contributed by atoms with Crippen LogP contribution in [0.5, 0.6) is 0 Å². The lowest BCUT2D eigenvalue weighted by molar-refractivity contribution is 0.239. The van der Waals surface area contributed by atoms with E-state index < -0.39 is 0 Å². The van der Waals surface area contributed by atoms with E-state index in [4.69, 9.17) is 11.6 Å². The predicted octanol–water partition coefficient (Wildman–Crippen LogP) is 2.87. The highest BCUT2D eigenvalue weighted by molar-refractivity contribution is 6.30. The topological polar surface area (TPSA) is 44.4 Å². The molecule has 0 aliphatic heterocycles. The molecule has 2 N–H and O–H groups in total. The maximum Gasteiger partial charge on any atom is 0.315 e. The Labute approximate surface area is 126 Å². The Morgan fingerprint density at radius 2 is 2.00 bits per heavy atom. The molecule has 4 nitrogen and oxygen atoms in total. The molecule has 2 amide bonds. The summed E-state index contributed by atoms with van der Waals surface area (Å²) in [6, 6.07) is 7.35. The van der Waals surface area contributed by atoms with E-state index in [-0.39, 0.29) is 6.03 Å². The van der Waals surface area contributed by atoms with E-state index in [0.717, 1.165) is 31.6 Å². The molecule has 112 valence electrons. The van der Waals surface area contributed by atoms with E-state index in [1.807, 2.05) is 24.3 Å². The smallest absolute Gasteiger partial charge is 0.315 e. The number of amides is 2. The number of urea groups is 1. The van der Waals surface area contributed by atoms with Gasteiger partial charge in [0.2, 0.25) is 0 Å². The lowest BCUT2D eigenvalue weighted by atomic mass is 10.2. The lowest BCUT2D eigenvalue weighted by Crippen LogP contribution is -2.36. The van der Waals surface area contributed by atoms with Crippen molar-refractivity contribution < 1.29 is 4.79 Å². The Bertz CT molecular complexity index is 408. The van der Waals surface area contributed by atoms with E-state index in [9.17, 15) is 4.79 Å². The first kappa shape index (κ1) is 16.8. The molecule has 0 heterocycles. The monoisotopic (exact) mass is 297 g/mol. The maximum atomic E-state index is 11.6. The van der Waals surface area contributed by atoms with Crippen LogP contribution in [0.15, 0.2) is 24.3 Å². The number of carbonyl (C=O) groups is 1. The van der Waals surface area contributed by atoms with Crippen LogP contribution in [0.2, 0.25) is 5.02 Å². The van der Waals surface area contributed by atoms with Crippen molar-refractivity contribution in [3.63, 3.8) is 0 Å². The Balaban J connectivity index is 2.14. The van der Waals surface area contributed by atoms with Crippen LogP contribution in [0, 0.1) is 0 Å². The van der Waals surface area contributed by atoms with Gasteiger partial charge in [0, 0.05) is 18.1 Å². The third-order valence-corrected chi connectivity index (χ3v) is 3.41. The SMILES string of the molecule is CCN(CC)CCCNC(=O)NCc1cccc(Cl)c1. The van der Waals surface area contributed by atoms with Gasteiger partial charge in [-0.3, -0.25) is 0 Å². The fourth-order valence-corrected chi connectivity index (χ4v) is 2.15. The van der Waals surface area contributed by atoms with Gasteiger partial charge in [-0.15, -0.1) is 0 Å². The number of carbonyl (C=O) groups excluding carboxylic acids is 1. The van der Waals surface area contributed by atoms with Crippen molar-refractivity contribution >= 4 is 17.6 Å². The zero-order valence-electron chi connectivity index (χ0n) is 12.3. The lowest BCUT2D eigenvalue weighted by Gasteiger charge is -2.17. The summed E-state index contributed by atoms with van der Waals surface area (Å²) in [5.74, 6) is 0. The fourth-order valence-electron chi connectivity index (χ4n) is 1.94. The molecule has 0 aliphatic rings. The van der Waals surface area contributed by atoms with E-state index in [1.165, 1.54) is 0 Å². The van der Waals surface area contributed by atoms with Crippen LogP contribution in [-0.4, -0.2) is 37.1 Å². The van der Waals surface area contributed by atoms with Crippen molar-refractivity contribution in [2.75, 3.05) is 26.2 Å². The van der Waals surface area contributed by atoms with E-state index in [2.05, 4.69) is 29.4 Å². The first-order valence-corrected chi connectivity index (χ1v) is 7.52. The molecule has 0 unspecified atom stereocenters. The number of hydrogen-bond acceptors (Lipinski definition) is 2. The molecule has 1 aromatic rings. The third-order valence-electron chi connectivity index (χ3n) is 3.17. The van der Waals surface area contributed by atoms with Crippen molar-refractivity contribution in [1.82, 2.24) is 15.5 Å². The molecule has 0 saturated heterocycles. The summed E-state index contributed by atoms with van der Waals surface area (Å²) in [4.78, 5) is 14.0. The van der Waals surface area contributed by atoms with Gasteiger partial charge in [0.05, 0.1) is 0 Å². The number of hydrogen-bond donors (Lipinski definition) is 2. The summed E-state index contributed by atoms with van der Waals surface area (Å²) in [6.45, 7) is 8.60. The summed E-state index contributed by atoms with van der Waals surface area (Å²) in [6.07, 6.45) is 0.965. The highest BCUT2D eigenvalue weighted by Crippen LogP contribution is 2.09. The van der Waals surface area contributed by atoms with Crippen LogP contribution < -0.4 is 10.6 Å². The number of rotatable bonds is 8. The molecule has 0 radical (unpaired) electrons. The van der Waals surface area contributed by atoms with Gasteiger partial charge in [0.1, 0.15) is 0 Å². The molecule has 0 spiro atoms. The standard InChI is InChI=1S/C15H24ClN3O/c1-3-19(4-2)10-6-9-17-15(20)18-12-13-7-5-8-14(16)11-13/h5,7-8,11H,3-4,6,9-10,12H2,1-2H3,(H2,17,18,20). The summed E-state index contributed by atoms with van der Waals surface area (Å²) in [5, 5.41) is 6.37. The zero-order valence-corrected chi connectivity index (χ0v) is 13.0. The number of nitrogens with zero attached hydrogens (tertiary/aromatic N) is 1. The van der Waals surface area contributed by atoms with Gasteiger partial charge in [-0.1, -0.05) is 37.6 Å². The Morgan fingerprint density at radius 3 is 2.65 bits per heavy atom. The van der Waals surface area contributed by atoms with E-state index in [0.29, 0.717) is 18.1 Å². The number of halogens is 1. The molecule has 0 atom stereocenters. The molecule has 0 fully saturated rings. The average molecular weight is 298 g/mol. The summed E-state index contributed by atoms with van der Waals surface area (Å²) >= 11 is 5.89. The summed E-state index contributed by atoms with van der Waals surface area (Å²) in [5.41, 5.74) is 0.996. The van der Waals surface area contributed by atoms with Crippen LogP contribution in [0.4, 0.5) is 4.79 Å². The predicted molar refractivity (Wildman–Crippen MR) is 84.1 cm³/mol. The van der Waals surface area contributed by atoms with Crippen molar-refractivity contribution in [1.29, 1.82) is 0 Å². The van der Waals surface area contributed by atoms with Crippen LogP contribution in [-0.2, 0) is 6.54 Å². The number of benzene rings is 1. The minimum Gasteiger partial charge on any atom is -0.338 e. The molecule has 0 bridgehead atoms. The van der Waals surface area contributed by atoms with Gasteiger partial charge in [-0.05, 0) is 43.8 Å². The number of nitrogens with one attached hydrogen (secondary N) is 2. The quantitative estimate of drug-likeness (QED) is 0.725. The van der Waals surface area contributed by atoms with Gasteiger partial charge >= 0.3 is 6.03 Å². The molecule has 1 aromatic carbocycles. The summed E-state index contributed by atoms with van der Waals surface area (Å²) < 4.78 is 0. The Morgan fingerprint density at radius 1 is 1.25 bits per heavy atom. The minimum atomic E-state index is -0.135. The van der Waals surface area contributed by atoms with Gasteiger partial charge < -0.3 is 15.5 Å². The van der Waals surface area contributed by atoms with Crippen LogP contribution >= 0.6 is 11.6 Å². The molecule has 1 rings (SSSR count). The third kappa shape index (κ3) is 6.78. The van der Waals surface area contributed by atoms with Gasteiger partial charge in [-0.2, -0.15) is 0 Å². The van der Waals surface area contributed by atoms with Gasteiger partial charge in [-0.25, -0.2) is 4.79 Å². The fraction of sp³-hybridized carbons (Fsp3) is 0.533. The normalized spacial score (nSPS) is 10.6. The second-order valence-corrected chi connectivity index (χ2v) is 5.06. The van der Waals surface area contributed by atoms with Crippen LogP contribution in [0.25, 0.3) is 0 Å². The Hall–Kier alpha value is -1.26. The van der Waals surface area contributed by atoms with Crippen molar-refractivity contribution in [2.45, 2.75) is 26.8 Å². The van der Waals surface area contributed by atoms with Crippen molar-refractivity contribution in [2.24, 2.45) is 0 Å². The second-order valence-electron chi connectivity index (χ2n) is 4.62. The van der Waals surface area contributed by atoms with Crippen molar-refractivity contribution in [3.8, 4) is 0 Å². The molecular formula is C15H24ClN3O. The van der Waals surface area contributed by atoms with E-state index >= 15 is 0 Å². The first-order chi connectivity index (χ1) is 9.65. The van der Waals surface area contributed by atoms with E-state index in [1.54, 1.807) is 0 Å². The molecular weight excluding hydrogens is 274 g/mol. The Kier molecular flexibility index (Phi) is 8.07. The molecule has 0 aromatic heterocycles.